The molecule has 0 radical (unpaired) electrons. The normalized spacial score (nSPS) is 10.5. The monoisotopic (exact) mass is 234 g/mol. The third-order valence-electron chi connectivity index (χ3n) is 2.90. The molecule has 3 nitrogen and oxygen atoms in total. The summed E-state index contributed by atoms with van der Waals surface area (Å²) in [6, 6.07) is 2.05. The molecule has 94 valence electrons. The van der Waals surface area contributed by atoms with E-state index in [4.69, 9.17) is 5.73 Å². The fourth-order valence-electron chi connectivity index (χ4n) is 1.84. The Bertz CT molecular complexity index is 374. The summed E-state index contributed by atoms with van der Waals surface area (Å²) in [6.07, 6.45) is 8.02. The van der Waals surface area contributed by atoms with Crippen LogP contribution in [-0.4, -0.2) is 10.9 Å². The summed E-state index contributed by atoms with van der Waals surface area (Å²) < 4.78 is 0. The van der Waals surface area contributed by atoms with E-state index in [9.17, 15) is 4.79 Å². The SMILES string of the molecule is CCCCc1cc(CCCC)c(C(N)=O)cn1. The minimum Gasteiger partial charge on any atom is -0.366 e. The summed E-state index contributed by atoms with van der Waals surface area (Å²) in [4.78, 5) is 15.6. The van der Waals surface area contributed by atoms with Gasteiger partial charge in [-0.1, -0.05) is 26.7 Å². The first-order chi connectivity index (χ1) is 8.19. The van der Waals surface area contributed by atoms with Crippen LogP contribution in [-0.2, 0) is 12.8 Å². The molecule has 0 aromatic carbocycles. The van der Waals surface area contributed by atoms with Crippen LogP contribution in [0, 0.1) is 0 Å². The maximum atomic E-state index is 11.3. The lowest BCUT2D eigenvalue weighted by atomic mass is 10.0. The van der Waals surface area contributed by atoms with Gasteiger partial charge in [0.1, 0.15) is 0 Å². The van der Waals surface area contributed by atoms with Gasteiger partial charge in [-0.2, -0.15) is 0 Å². The van der Waals surface area contributed by atoms with Crippen LogP contribution in [0.15, 0.2) is 12.3 Å². The summed E-state index contributed by atoms with van der Waals surface area (Å²) >= 11 is 0. The Morgan fingerprint density at radius 1 is 1.24 bits per heavy atom. The smallest absolute Gasteiger partial charge is 0.250 e. The molecule has 0 atom stereocenters. The van der Waals surface area contributed by atoms with Gasteiger partial charge in [-0.05, 0) is 37.3 Å². The molecule has 0 aliphatic carbocycles. The maximum Gasteiger partial charge on any atom is 0.250 e. The molecule has 0 aliphatic heterocycles. The summed E-state index contributed by atoms with van der Waals surface area (Å²) in [5.41, 5.74) is 8.07. The van der Waals surface area contributed by atoms with Crippen LogP contribution in [0.5, 0.6) is 0 Å². The minimum absolute atomic E-state index is 0.370. The van der Waals surface area contributed by atoms with Gasteiger partial charge in [-0.15, -0.1) is 0 Å². The van der Waals surface area contributed by atoms with Crippen LogP contribution < -0.4 is 5.73 Å². The Kier molecular flexibility index (Phi) is 5.67. The maximum absolute atomic E-state index is 11.3. The highest BCUT2D eigenvalue weighted by atomic mass is 16.1. The standard InChI is InChI=1S/C14H22N2O/c1-3-5-7-11-9-12(8-6-4-2)16-10-13(11)14(15)17/h9-10H,3-8H2,1-2H3,(H2,15,17). The minimum atomic E-state index is -0.370. The van der Waals surface area contributed by atoms with E-state index in [1.165, 1.54) is 0 Å². The number of aromatic nitrogens is 1. The van der Waals surface area contributed by atoms with Crippen LogP contribution in [0.2, 0.25) is 0 Å². The van der Waals surface area contributed by atoms with Crippen molar-refractivity contribution in [3.05, 3.63) is 29.1 Å². The van der Waals surface area contributed by atoms with Crippen molar-refractivity contribution in [3.63, 3.8) is 0 Å². The molecular weight excluding hydrogens is 212 g/mol. The van der Waals surface area contributed by atoms with E-state index in [0.717, 1.165) is 49.8 Å². The van der Waals surface area contributed by atoms with Crippen LogP contribution in [0.25, 0.3) is 0 Å². The highest BCUT2D eigenvalue weighted by molar-refractivity contribution is 5.94. The third kappa shape index (κ3) is 4.17. The van der Waals surface area contributed by atoms with Gasteiger partial charge in [0.2, 0.25) is 0 Å². The molecule has 2 N–H and O–H groups in total. The van der Waals surface area contributed by atoms with Crippen molar-refractivity contribution in [1.29, 1.82) is 0 Å². The van der Waals surface area contributed by atoms with Gasteiger partial charge in [-0.25, -0.2) is 0 Å². The molecule has 3 heteroatoms. The number of nitrogens with two attached hydrogens (primary N) is 1. The molecule has 0 aliphatic rings. The second-order valence-corrected chi connectivity index (χ2v) is 4.40. The molecule has 1 aromatic rings. The highest BCUT2D eigenvalue weighted by Gasteiger charge is 2.09. The van der Waals surface area contributed by atoms with E-state index >= 15 is 0 Å². The molecule has 0 unspecified atom stereocenters. The number of carbonyl (C=O) groups excluding carboxylic acids is 1. The van der Waals surface area contributed by atoms with Crippen LogP contribution >= 0.6 is 0 Å². The Labute approximate surface area is 103 Å². The summed E-state index contributed by atoms with van der Waals surface area (Å²) in [5.74, 6) is -0.370. The van der Waals surface area contributed by atoms with Gasteiger partial charge >= 0.3 is 0 Å². The number of aryl methyl sites for hydroxylation is 2. The number of amides is 1. The number of rotatable bonds is 7. The highest BCUT2D eigenvalue weighted by Crippen LogP contribution is 2.14. The van der Waals surface area contributed by atoms with Gasteiger partial charge < -0.3 is 5.73 Å². The van der Waals surface area contributed by atoms with Crippen molar-refractivity contribution in [2.24, 2.45) is 5.73 Å². The molecule has 1 rings (SSSR count). The van der Waals surface area contributed by atoms with Crippen molar-refractivity contribution < 1.29 is 4.79 Å². The first-order valence-corrected chi connectivity index (χ1v) is 6.46. The number of primary amides is 1. The molecule has 0 fully saturated rings. The van der Waals surface area contributed by atoms with Crippen LogP contribution in [0.1, 0.15) is 61.1 Å². The van der Waals surface area contributed by atoms with Crippen LogP contribution in [0.3, 0.4) is 0 Å². The van der Waals surface area contributed by atoms with E-state index in [2.05, 4.69) is 18.8 Å². The van der Waals surface area contributed by atoms with Gasteiger partial charge in [0.15, 0.2) is 0 Å². The summed E-state index contributed by atoms with van der Waals surface area (Å²) in [5, 5.41) is 0. The molecular formula is C14H22N2O. The second kappa shape index (κ2) is 7.05. The zero-order valence-electron chi connectivity index (χ0n) is 10.8. The summed E-state index contributed by atoms with van der Waals surface area (Å²) in [6.45, 7) is 4.30. The Morgan fingerprint density at radius 2 is 1.88 bits per heavy atom. The fourth-order valence-corrected chi connectivity index (χ4v) is 1.84. The lowest BCUT2D eigenvalue weighted by Crippen LogP contribution is -2.15. The van der Waals surface area contributed by atoms with E-state index in [0.29, 0.717) is 5.56 Å². The zero-order chi connectivity index (χ0) is 12.7. The average molecular weight is 234 g/mol. The topological polar surface area (TPSA) is 56.0 Å². The van der Waals surface area contributed by atoms with Gasteiger partial charge in [0.25, 0.3) is 5.91 Å². The molecule has 0 bridgehead atoms. The van der Waals surface area contributed by atoms with Crippen molar-refractivity contribution >= 4 is 5.91 Å². The average Bonchev–Trinajstić information content (AvgIpc) is 2.33. The first-order valence-electron chi connectivity index (χ1n) is 6.46. The number of unbranched alkanes of at least 4 members (excludes halogenated alkanes) is 2. The Hall–Kier alpha value is -1.38. The van der Waals surface area contributed by atoms with Crippen LogP contribution in [0.4, 0.5) is 0 Å². The predicted octanol–water partition coefficient (Wildman–Crippen LogP) is 2.87. The van der Waals surface area contributed by atoms with Gasteiger partial charge in [0.05, 0.1) is 5.56 Å². The second-order valence-electron chi connectivity index (χ2n) is 4.40. The van der Waals surface area contributed by atoms with E-state index in [1.807, 2.05) is 6.07 Å². The molecule has 0 spiro atoms. The molecule has 17 heavy (non-hydrogen) atoms. The van der Waals surface area contributed by atoms with E-state index in [-0.39, 0.29) is 5.91 Å². The van der Waals surface area contributed by atoms with Crippen molar-refractivity contribution in [2.45, 2.75) is 52.4 Å². The molecule has 0 saturated carbocycles. The molecule has 0 saturated heterocycles. The largest absolute Gasteiger partial charge is 0.366 e. The van der Waals surface area contributed by atoms with Crippen molar-refractivity contribution in [1.82, 2.24) is 4.98 Å². The number of hydrogen-bond donors (Lipinski definition) is 1. The lowest BCUT2D eigenvalue weighted by Gasteiger charge is -2.08. The van der Waals surface area contributed by atoms with Crippen molar-refractivity contribution in [2.75, 3.05) is 0 Å². The quantitative estimate of drug-likeness (QED) is 0.788. The Morgan fingerprint density at radius 3 is 2.47 bits per heavy atom. The number of nitrogens with zero attached hydrogens (tertiary/aromatic N) is 1. The number of carbonyl (C=O) groups is 1. The number of hydrogen-bond acceptors (Lipinski definition) is 2. The van der Waals surface area contributed by atoms with Gasteiger partial charge in [-0.3, -0.25) is 9.78 Å². The molecule has 1 heterocycles. The van der Waals surface area contributed by atoms with Gasteiger partial charge in [0, 0.05) is 11.9 Å². The van der Waals surface area contributed by atoms with E-state index in [1.54, 1.807) is 6.20 Å². The van der Waals surface area contributed by atoms with E-state index < -0.39 is 0 Å². The third-order valence-corrected chi connectivity index (χ3v) is 2.90. The molecule has 1 aromatic heterocycles. The lowest BCUT2D eigenvalue weighted by molar-refractivity contribution is 0.0999. The molecule has 1 amide bonds. The predicted molar refractivity (Wildman–Crippen MR) is 70.0 cm³/mol. The van der Waals surface area contributed by atoms with Crippen molar-refractivity contribution in [3.8, 4) is 0 Å². The first kappa shape index (κ1) is 13.7. The zero-order valence-corrected chi connectivity index (χ0v) is 10.8. The Balaban J connectivity index is 2.88. The number of pyridine rings is 1. The summed E-state index contributed by atoms with van der Waals surface area (Å²) in [7, 11) is 0. The fraction of sp³-hybridized carbons (Fsp3) is 0.571.